The number of hydrogen-bond acceptors (Lipinski definition) is 2. The number of hydrogen-bond donors (Lipinski definition) is 1. The molecule has 0 aliphatic carbocycles. The predicted octanol–water partition coefficient (Wildman–Crippen LogP) is 4.47. The topological polar surface area (TPSA) is 45.2 Å². The second-order valence-electron chi connectivity index (χ2n) is 5.61. The summed E-state index contributed by atoms with van der Waals surface area (Å²) in [6.45, 7) is 0.500. The first kappa shape index (κ1) is 16.3. The molecule has 1 aliphatic heterocycles. The number of amides is 2. The quantitative estimate of drug-likeness (QED) is 0.880. The van der Waals surface area contributed by atoms with Crippen LogP contribution in [0, 0.1) is 0 Å². The van der Waals surface area contributed by atoms with Gasteiger partial charge in [-0.05, 0) is 36.6 Å². The molecular formula is C17H16F3N3O. The Morgan fingerprint density at radius 3 is 2.71 bits per heavy atom. The van der Waals surface area contributed by atoms with E-state index >= 15 is 0 Å². The maximum atomic E-state index is 13.0. The Hall–Kier alpha value is -2.57. The van der Waals surface area contributed by atoms with E-state index in [2.05, 4.69) is 10.3 Å². The van der Waals surface area contributed by atoms with E-state index < -0.39 is 17.8 Å². The minimum atomic E-state index is -4.52. The number of likely N-dealkylation sites (tertiary alicyclic amines) is 1. The van der Waals surface area contributed by atoms with Crippen LogP contribution in [0.2, 0.25) is 0 Å². The average molecular weight is 335 g/mol. The van der Waals surface area contributed by atoms with Gasteiger partial charge in [-0.2, -0.15) is 13.2 Å². The molecule has 0 saturated carbocycles. The molecule has 1 N–H and O–H groups in total. The smallest absolute Gasteiger partial charge is 0.317 e. The fourth-order valence-corrected chi connectivity index (χ4v) is 2.96. The summed E-state index contributed by atoms with van der Waals surface area (Å²) in [6, 6.07) is 7.93. The third-order valence-corrected chi connectivity index (χ3v) is 4.06. The SMILES string of the molecule is O=C(Nc1ccccc1C(F)(F)F)N1CCC[C@H]1c1cccnc1. The first-order valence-corrected chi connectivity index (χ1v) is 7.60. The second-order valence-corrected chi connectivity index (χ2v) is 5.61. The Bertz CT molecular complexity index is 719. The zero-order valence-electron chi connectivity index (χ0n) is 12.8. The van der Waals surface area contributed by atoms with Crippen LogP contribution in [0.3, 0.4) is 0 Å². The van der Waals surface area contributed by atoms with Gasteiger partial charge in [0.1, 0.15) is 0 Å². The number of carbonyl (C=O) groups is 1. The van der Waals surface area contributed by atoms with Gasteiger partial charge in [-0.15, -0.1) is 0 Å². The molecular weight excluding hydrogens is 319 g/mol. The van der Waals surface area contributed by atoms with Gasteiger partial charge in [-0.3, -0.25) is 4.98 Å². The molecule has 2 aromatic rings. The van der Waals surface area contributed by atoms with E-state index in [-0.39, 0.29) is 11.7 Å². The van der Waals surface area contributed by atoms with Gasteiger partial charge in [-0.25, -0.2) is 4.79 Å². The van der Waals surface area contributed by atoms with Crippen molar-refractivity contribution in [2.75, 3.05) is 11.9 Å². The maximum absolute atomic E-state index is 13.0. The van der Waals surface area contributed by atoms with Gasteiger partial charge >= 0.3 is 12.2 Å². The average Bonchev–Trinajstić information content (AvgIpc) is 3.05. The summed E-state index contributed by atoms with van der Waals surface area (Å²) in [7, 11) is 0. The lowest BCUT2D eigenvalue weighted by atomic mass is 10.1. The van der Waals surface area contributed by atoms with Crippen molar-refractivity contribution in [1.82, 2.24) is 9.88 Å². The number of carbonyl (C=O) groups excluding carboxylic acids is 1. The van der Waals surface area contributed by atoms with Gasteiger partial charge in [0.15, 0.2) is 0 Å². The van der Waals surface area contributed by atoms with Gasteiger partial charge in [0.05, 0.1) is 17.3 Å². The van der Waals surface area contributed by atoms with E-state index in [1.807, 2.05) is 6.07 Å². The van der Waals surface area contributed by atoms with Gasteiger partial charge < -0.3 is 10.2 Å². The Morgan fingerprint density at radius 2 is 2.00 bits per heavy atom. The van der Waals surface area contributed by atoms with Crippen molar-refractivity contribution in [3.63, 3.8) is 0 Å². The molecule has 1 atom stereocenters. The van der Waals surface area contributed by atoms with Crippen molar-refractivity contribution in [2.45, 2.75) is 25.1 Å². The van der Waals surface area contributed by atoms with Gasteiger partial charge in [0.2, 0.25) is 0 Å². The molecule has 1 saturated heterocycles. The Kier molecular flexibility index (Phi) is 4.42. The van der Waals surface area contributed by atoms with Crippen LogP contribution in [0.4, 0.5) is 23.7 Å². The summed E-state index contributed by atoms with van der Waals surface area (Å²) in [5.41, 5.74) is -0.198. The number of para-hydroxylation sites is 1. The van der Waals surface area contributed by atoms with Gasteiger partial charge in [0.25, 0.3) is 0 Å². The lowest BCUT2D eigenvalue weighted by Crippen LogP contribution is -2.35. The molecule has 4 nitrogen and oxygen atoms in total. The summed E-state index contributed by atoms with van der Waals surface area (Å²) >= 11 is 0. The Morgan fingerprint density at radius 1 is 1.21 bits per heavy atom. The molecule has 3 rings (SSSR count). The van der Waals surface area contributed by atoms with Crippen molar-refractivity contribution in [3.05, 3.63) is 59.9 Å². The van der Waals surface area contributed by atoms with E-state index in [1.165, 1.54) is 18.2 Å². The van der Waals surface area contributed by atoms with Crippen molar-refractivity contribution in [1.29, 1.82) is 0 Å². The number of rotatable bonds is 2. The second kappa shape index (κ2) is 6.51. The maximum Gasteiger partial charge on any atom is 0.418 e. The van der Waals surface area contributed by atoms with Crippen molar-refractivity contribution in [3.8, 4) is 0 Å². The number of alkyl halides is 3. The molecule has 7 heteroatoms. The molecule has 2 amide bonds. The van der Waals surface area contributed by atoms with Crippen LogP contribution in [-0.4, -0.2) is 22.5 Å². The summed E-state index contributed by atoms with van der Waals surface area (Å²) in [5.74, 6) is 0. The van der Waals surface area contributed by atoms with Crippen LogP contribution in [0.5, 0.6) is 0 Å². The molecule has 1 aromatic carbocycles. The molecule has 1 fully saturated rings. The number of pyridine rings is 1. The highest BCUT2D eigenvalue weighted by atomic mass is 19.4. The molecule has 24 heavy (non-hydrogen) atoms. The zero-order valence-corrected chi connectivity index (χ0v) is 12.8. The third kappa shape index (κ3) is 3.34. The van der Waals surface area contributed by atoms with E-state index in [0.717, 1.165) is 24.5 Å². The summed E-state index contributed by atoms with van der Waals surface area (Å²) in [6.07, 6.45) is 0.369. The lowest BCUT2D eigenvalue weighted by Gasteiger charge is -2.25. The van der Waals surface area contributed by atoms with E-state index in [4.69, 9.17) is 0 Å². The number of anilines is 1. The molecule has 2 heterocycles. The molecule has 0 bridgehead atoms. The Balaban J connectivity index is 1.81. The number of aromatic nitrogens is 1. The normalized spacial score (nSPS) is 17.8. The van der Waals surface area contributed by atoms with Gasteiger partial charge in [-0.1, -0.05) is 18.2 Å². The summed E-state index contributed by atoms with van der Waals surface area (Å²) < 4.78 is 39.1. The molecule has 1 aromatic heterocycles. The Labute approximate surface area is 137 Å². The van der Waals surface area contributed by atoms with Crippen molar-refractivity contribution >= 4 is 11.7 Å². The third-order valence-electron chi connectivity index (χ3n) is 4.06. The van der Waals surface area contributed by atoms with Crippen LogP contribution in [0.25, 0.3) is 0 Å². The summed E-state index contributed by atoms with van der Waals surface area (Å²) in [5, 5.41) is 2.41. The highest BCUT2D eigenvalue weighted by molar-refractivity contribution is 5.90. The minimum Gasteiger partial charge on any atom is -0.317 e. The fourth-order valence-electron chi connectivity index (χ4n) is 2.96. The van der Waals surface area contributed by atoms with Crippen LogP contribution < -0.4 is 5.32 Å². The van der Waals surface area contributed by atoms with Crippen LogP contribution in [-0.2, 0) is 6.18 Å². The number of nitrogens with zero attached hydrogens (tertiary/aromatic N) is 2. The number of urea groups is 1. The highest BCUT2D eigenvalue weighted by Gasteiger charge is 2.35. The van der Waals surface area contributed by atoms with Crippen LogP contribution in [0.15, 0.2) is 48.8 Å². The van der Waals surface area contributed by atoms with Gasteiger partial charge in [0, 0.05) is 18.9 Å². The van der Waals surface area contributed by atoms with Crippen molar-refractivity contribution < 1.29 is 18.0 Å². The molecule has 1 aliphatic rings. The highest BCUT2D eigenvalue weighted by Crippen LogP contribution is 2.36. The first-order valence-electron chi connectivity index (χ1n) is 7.60. The molecule has 0 unspecified atom stereocenters. The lowest BCUT2D eigenvalue weighted by molar-refractivity contribution is -0.136. The number of halogens is 3. The molecule has 126 valence electrons. The zero-order chi connectivity index (χ0) is 17.2. The molecule has 0 spiro atoms. The standard InChI is InChI=1S/C17H16F3N3O/c18-17(19,20)13-6-1-2-7-14(13)22-16(24)23-10-4-8-15(23)12-5-3-9-21-11-12/h1-3,5-7,9,11,15H,4,8,10H2,(H,22,24)/t15-/m0/s1. The van der Waals surface area contributed by atoms with E-state index in [9.17, 15) is 18.0 Å². The van der Waals surface area contributed by atoms with Crippen molar-refractivity contribution in [2.24, 2.45) is 0 Å². The summed E-state index contributed by atoms with van der Waals surface area (Å²) in [4.78, 5) is 18.1. The van der Waals surface area contributed by atoms with Crippen LogP contribution in [0.1, 0.15) is 30.0 Å². The predicted molar refractivity (Wildman–Crippen MR) is 83.4 cm³/mol. The number of nitrogens with one attached hydrogen (secondary N) is 1. The fraction of sp³-hybridized carbons (Fsp3) is 0.294. The first-order chi connectivity index (χ1) is 11.5. The minimum absolute atomic E-state index is 0.170. The monoisotopic (exact) mass is 335 g/mol. The largest absolute Gasteiger partial charge is 0.418 e. The van der Waals surface area contributed by atoms with E-state index in [0.29, 0.717) is 6.54 Å². The van der Waals surface area contributed by atoms with E-state index in [1.54, 1.807) is 23.4 Å². The molecule has 0 radical (unpaired) electrons. The number of benzene rings is 1. The van der Waals surface area contributed by atoms with Crippen LogP contribution >= 0.6 is 0 Å².